The number of hydrogen-bond acceptors (Lipinski definition) is 4. The highest BCUT2D eigenvalue weighted by atomic mass is 16.5. The molecule has 142 valence electrons. The Morgan fingerprint density at radius 2 is 1.37 bits per heavy atom. The molecule has 0 aliphatic heterocycles. The van der Waals surface area contributed by atoms with Crippen LogP contribution in [0.25, 0.3) is 0 Å². The number of alkyl carbamates (subject to hydrolysis) is 1. The second kappa shape index (κ2) is 9.96. The molecule has 7 nitrogen and oxygen atoms in total. The molecule has 2 aromatic carbocycles. The molecule has 3 N–H and O–H groups in total. The van der Waals surface area contributed by atoms with Gasteiger partial charge in [0.25, 0.3) is 0 Å². The van der Waals surface area contributed by atoms with E-state index in [1.54, 1.807) is 31.2 Å². The third-order valence-corrected chi connectivity index (χ3v) is 3.73. The van der Waals surface area contributed by atoms with Gasteiger partial charge in [-0.15, -0.1) is 0 Å². The van der Waals surface area contributed by atoms with E-state index < -0.39 is 24.1 Å². The van der Waals surface area contributed by atoms with Crippen molar-refractivity contribution in [3.63, 3.8) is 0 Å². The fourth-order valence-electron chi connectivity index (χ4n) is 2.18. The minimum absolute atomic E-state index is 0.108. The lowest BCUT2D eigenvalue weighted by Crippen LogP contribution is -2.50. The molecule has 0 aromatic heterocycles. The van der Waals surface area contributed by atoms with Gasteiger partial charge in [-0.2, -0.15) is 0 Å². The largest absolute Gasteiger partial charge is 0.445 e. The maximum atomic E-state index is 12.2. The number of ether oxygens (including phenoxy) is 1. The number of hydrogen-bond donors (Lipinski definition) is 3. The van der Waals surface area contributed by atoms with Crippen molar-refractivity contribution in [3.05, 3.63) is 66.2 Å². The molecule has 7 heteroatoms. The Morgan fingerprint density at radius 3 is 2.00 bits per heavy atom. The summed E-state index contributed by atoms with van der Waals surface area (Å²) >= 11 is 0. The molecule has 2 rings (SSSR count). The minimum Gasteiger partial charge on any atom is -0.445 e. The first-order chi connectivity index (χ1) is 13.0. The van der Waals surface area contributed by atoms with E-state index in [0.717, 1.165) is 5.56 Å². The molecule has 0 heterocycles. The van der Waals surface area contributed by atoms with Crippen LogP contribution in [0.4, 0.5) is 10.5 Å². The standard InChI is InChI=1S/C20H23N3O4/c1-14(19(25)23-17-11-7-4-8-12-17)21-18(24)15(2)22-20(26)27-13-16-9-5-3-6-10-16/h3-12,14-15H,13H2,1-2H3,(H,21,24)(H,22,26)(H,23,25)/t14-,15-/m0/s1. The molecule has 0 bridgehead atoms. The van der Waals surface area contributed by atoms with Crippen molar-refractivity contribution in [1.82, 2.24) is 10.6 Å². The van der Waals surface area contributed by atoms with E-state index >= 15 is 0 Å². The minimum atomic E-state index is -0.847. The summed E-state index contributed by atoms with van der Waals surface area (Å²) in [5.74, 6) is -0.837. The van der Waals surface area contributed by atoms with Crippen molar-refractivity contribution in [2.24, 2.45) is 0 Å². The first-order valence-corrected chi connectivity index (χ1v) is 8.59. The predicted molar refractivity (Wildman–Crippen MR) is 102 cm³/mol. The predicted octanol–water partition coefficient (Wildman–Crippen LogP) is 2.44. The molecule has 0 unspecified atom stereocenters. The van der Waals surface area contributed by atoms with Crippen LogP contribution >= 0.6 is 0 Å². The Labute approximate surface area is 158 Å². The maximum absolute atomic E-state index is 12.2. The molecule has 0 aliphatic carbocycles. The maximum Gasteiger partial charge on any atom is 0.408 e. The van der Waals surface area contributed by atoms with Crippen LogP contribution in [0.3, 0.4) is 0 Å². The Balaban J connectivity index is 1.75. The van der Waals surface area contributed by atoms with E-state index in [9.17, 15) is 14.4 Å². The lowest BCUT2D eigenvalue weighted by atomic mass is 10.2. The first-order valence-electron chi connectivity index (χ1n) is 8.59. The summed E-state index contributed by atoms with van der Waals surface area (Å²) < 4.78 is 5.07. The smallest absolute Gasteiger partial charge is 0.408 e. The van der Waals surface area contributed by atoms with Gasteiger partial charge in [0.15, 0.2) is 0 Å². The number of carbonyl (C=O) groups excluding carboxylic acids is 3. The van der Waals surface area contributed by atoms with Gasteiger partial charge < -0.3 is 20.7 Å². The Morgan fingerprint density at radius 1 is 0.815 bits per heavy atom. The summed E-state index contributed by atoms with van der Waals surface area (Å²) in [6.45, 7) is 3.19. The molecule has 0 spiro atoms. The molecule has 2 aromatic rings. The zero-order valence-corrected chi connectivity index (χ0v) is 15.3. The number of benzene rings is 2. The highest BCUT2D eigenvalue weighted by Crippen LogP contribution is 2.05. The number of para-hydroxylation sites is 1. The molecule has 3 amide bonds. The van der Waals surface area contributed by atoms with E-state index in [1.165, 1.54) is 6.92 Å². The van der Waals surface area contributed by atoms with Crippen molar-refractivity contribution in [3.8, 4) is 0 Å². The Kier molecular flexibility index (Phi) is 7.37. The van der Waals surface area contributed by atoms with Crippen molar-refractivity contribution in [2.75, 3.05) is 5.32 Å². The molecule has 0 radical (unpaired) electrons. The summed E-state index contributed by atoms with van der Waals surface area (Å²) in [6, 6.07) is 16.5. The van der Waals surface area contributed by atoms with Gasteiger partial charge in [0, 0.05) is 5.69 Å². The summed E-state index contributed by atoms with van der Waals surface area (Å²) in [5, 5.41) is 7.70. The number of anilines is 1. The molecule has 0 saturated carbocycles. The van der Waals surface area contributed by atoms with Crippen LogP contribution in [0.5, 0.6) is 0 Å². The third kappa shape index (κ3) is 6.81. The van der Waals surface area contributed by atoms with Crippen LogP contribution in [0.1, 0.15) is 19.4 Å². The van der Waals surface area contributed by atoms with Gasteiger partial charge in [-0.1, -0.05) is 48.5 Å². The number of rotatable bonds is 7. The number of amides is 3. The summed E-state index contributed by atoms with van der Waals surface area (Å²) in [4.78, 5) is 36.1. The van der Waals surface area contributed by atoms with Crippen LogP contribution < -0.4 is 16.0 Å². The molecular formula is C20H23N3O4. The summed E-state index contributed by atoms with van der Waals surface area (Å²) in [7, 11) is 0. The van der Waals surface area contributed by atoms with E-state index in [2.05, 4.69) is 16.0 Å². The van der Waals surface area contributed by atoms with Gasteiger partial charge in [0.1, 0.15) is 18.7 Å². The molecule has 0 fully saturated rings. The van der Waals surface area contributed by atoms with Crippen molar-refractivity contribution in [1.29, 1.82) is 0 Å². The van der Waals surface area contributed by atoms with E-state index in [4.69, 9.17) is 4.74 Å². The lowest BCUT2D eigenvalue weighted by molar-refractivity contribution is -0.127. The second-order valence-corrected chi connectivity index (χ2v) is 6.01. The van der Waals surface area contributed by atoms with Gasteiger partial charge in [-0.05, 0) is 31.5 Å². The molecule has 0 saturated heterocycles. The quantitative estimate of drug-likeness (QED) is 0.698. The highest BCUT2D eigenvalue weighted by molar-refractivity contribution is 5.97. The van der Waals surface area contributed by atoms with E-state index in [1.807, 2.05) is 36.4 Å². The van der Waals surface area contributed by atoms with Gasteiger partial charge in [-0.25, -0.2) is 4.79 Å². The zero-order valence-electron chi connectivity index (χ0n) is 15.3. The lowest BCUT2D eigenvalue weighted by Gasteiger charge is -2.18. The van der Waals surface area contributed by atoms with Crippen molar-refractivity contribution < 1.29 is 19.1 Å². The van der Waals surface area contributed by atoms with Crippen LogP contribution in [0, 0.1) is 0 Å². The molecule has 27 heavy (non-hydrogen) atoms. The molecule has 2 atom stereocenters. The zero-order chi connectivity index (χ0) is 19.6. The topological polar surface area (TPSA) is 96.5 Å². The average Bonchev–Trinajstić information content (AvgIpc) is 2.67. The normalized spacial score (nSPS) is 12.4. The van der Waals surface area contributed by atoms with Gasteiger partial charge in [0.2, 0.25) is 11.8 Å². The second-order valence-electron chi connectivity index (χ2n) is 6.01. The van der Waals surface area contributed by atoms with Gasteiger partial charge in [0.05, 0.1) is 0 Å². The first kappa shape index (κ1) is 20.0. The third-order valence-electron chi connectivity index (χ3n) is 3.73. The SMILES string of the molecule is C[C@H](NC(=O)OCc1ccccc1)C(=O)N[C@@H](C)C(=O)Nc1ccccc1. The fourth-order valence-corrected chi connectivity index (χ4v) is 2.18. The number of nitrogens with one attached hydrogen (secondary N) is 3. The van der Waals surface area contributed by atoms with E-state index in [0.29, 0.717) is 5.69 Å². The Bertz CT molecular complexity index is 765. The highest BCUT2D eigenvalue weighted by Gasteiger charge is 2.21. The van der Waals surface area contributed by atoms with Crippen LogP contribution in [-0.2, 0) is 20.9 Å². The van der Waals surface area contributed by atoms with Gasteiger partial charge >= 0.3 is 6.09 Å². The van der Waals surface area contributed by atoms with Crippen molar-refractivity contribution in [2.45, 2.75) is 32.5 Å². The summed E-state index contributed by atoms with van der Waals surface area (Å²) in [6.07, 6.45) is -0.706. The van der Waals surface area contributed by atoms with Crippen LogP contribution in [-0.4, -0.2) is 30.0 Å². The summed E-state index contributed by atoms with van der Waals surface area (Å²) in [5.41, 5.74) is 1.48. The van der Waals surface area contributed by atoms with Crippen LogP contribution in [0.2, 0.25) is 0 Å². The van der Waals surface area contributed by atoms with Crippen LogP contribution in [0.15, 0.2) is 60.7 Å². The Hall–Kier alpha value is -3.35. The molecule has 0 aliphatic rings. The average molecular weight is 369 g/mol. The fraction of sp³-hybridized carbons (Fsp3) is 0.250. The number of carbonyl (C=O) groups is 3. The molecular weight excluding hydrogens is 346 g/mol. The van der Waals surface area contributed by atoms with Crippen molar-refractivity contribution >= 4 is 23.6 Å². The van der Waals surface area contributed by atoms with Gasteiger partial charge in [-0.3, -0.25) is 9.59 Å². The monoisotopic (exact) mass is 369 g/mol. The van der Waals surface area contributed by atoms with E-state index in [-0.39, 0.29) is 12.5 Å².